The third-order valence-electron chi connectivity index (χ3n) is 10.7. The number of hydrogen-bond donors (Lipinski definition) is 4. The molecule has 0 saturated heterocycles. The van der Waals surface area contributed by atoms with E-state index in [-0.39, 0.29) is 65.0 Å². The predicted molar refractivity (Wildman–Crippen MR) is 158 cm³/mol. The summed E-state index contributed by atoms with van der Waals surface area (Å²) in [6.07, 6.45) is 9.97. The number of methoxy groups -OCH3 is 1. The highest BCUT2D eigenvalue weighted by atomic mass is 16.5. The highest BCUT2D eigenvalue weighted by Gasteiger charge is 2.51. The number of aliphatic hydroxyl groups is 1. The second-order valence-electron chi connectivity index (χ2n) is 13.6. The molecule has 1 aromatic carbocycles. The quantitative estimate of drug-likeness (QED) is 0.307. The van der Waals surface area contributed by atoms with Gasteiger partial charge in [-0.3, -0.25) is 14.4 Å². The molecule has 5 rings (SSSR count). The number of carbonyl (C=O) groups excluding carboxylic acids is 2. The Balaban J connectivity index is 1.29. The van der Waals surface area contributed by atoms with Crippen LogP contribution in [0.25, 0.3) is 0 Å². The molecule has 10 nitrogen and oxygen atoms in total. The molecule has 2 amide bonds. The summed E-state index contributed by atoms with van der Waals surface area (Å²) < 4.78 is 11.7. The number of hydrogen-bond acceptors (Lipinski definition) is 7. The van der Waals surface area contributed by atoms with Crippen molar-refractivity contribution in [2.45, 2.75) is 108 Å². The molecule has 4 saturated carbocycles. The number of benzene rings is 1. The first kappa shape index (κ1) is 31.1. The van der Waals surface area contributed by atoms with Crippen LogP contribution < -0.4 is 20.1 Å². The Morgan fingerprint density at radius 2 is 1.67 bits per heavy atom. The fraction of sp³-hybridized carbons (Fsp3) is 0.697. The van der Waals surface area contributed by atoms with E-state index in [0.29, 0.717) is 38.5 Å². The number of aliphatic carboxylic acids is 1. The summed E-state index contributed by atoms with van der Waals surface area (Å²) in [7, 11) is 1.44. The Bertz CT molecular complexity index is 1260. The summed E-state index contributed by atoms with van der Waals surface area (Å²) in [5.74, 6) is -0.828. The van der Waals surface area contributed by atoms with Gasteiger partial charge >= 0.3 is 5.97 Å². The lowest BCUT2D eigenvalue weighted by Gasteiger charge is -2.34. The minimum Gasteiger partial charge on any atom is -0.496 e. The molecule has 4 aliphatic carbocycles. The van der Waals surface area contributed by atoms with Gasteiger partial charge in [-0.05, 0) is 82.6 Å². The van der Waals surface area contributed by atoms with Gasteiger partial charge in [0.2, 0.25) is 5.91 Å². The smallest absolute Gasteiger partial charge is 0.309 e. The lowest BCUT2D eigenvalue weighted by atomic mass is 9.75. The van der Waals surface area contributed by atoms with Gasteiger partial charge in [-0.1, -0.05) is 25.7 Å². The van der Waals surface area contributed by atoms with Crippen molar-refractivity contribution in [2.24, 2.45) is 23.2 Å². The summed E-state index contributed by atoms with van der Waals surface area (Å²) in [6.45, 7) is 1.97. The Labute approximate surface area is 253 Å². The molecule has 4 unspecified atom stereocenters. The Kier molecular flexibility index (Phi) is 9.21. The van der Waals surface area contributed by atoms with Gasteiger partial charge < -0.3 is 30.3 Å². The van der Waals surface area contributed by atoms with E-state index in [1.165, 1.54) is 19.2 Å². The SMILES string of the molecule is COc1cc(C#N)c(OC2CCC(C)(C(=O)O)CC2)cc1C(=O)NC1C2CCC(C2)C1C(=O)NCC1(O)CCCCCC1. The summed E-state index contributed by atoms with van der Waals surface area (Å²) in [5.41, 5.74) is -1.22. The van der Waals surface area contributed by atoms with Gasteiger partial charge in [0.05, 0.1) is 41.3 Å². The number of carbonyl (C=O) groups is 3. The molecular formula is C33H45N3O7. The number of carboxylic acids is 1. The molecule has 1 aromatic rings. The normalized spacial score (nSPS) is 31.3. The molecule has 4 fully saturated rings. The van der Waals surface area contributed by atoms with Crippen molar-refractivity contribution in [3.05, 3.63) is 23.3 Å². The number of amides is 2. The molecule has 234 valence electrons. The number of fused-ring (bicyclic) bond motifs is 2. The third kappa shape index (κ3) is 6.62. The maximum absolute atomic E-state index is 13.8. The van der Waals surface area contributed by atoms with Crippen LogP contribution >= 0.6 is 0 Å². The van der Waals surface area contributed by atoms with Crippen LogP contribution in [0.4, 0.5) is 0 Å². The van der Waals surface area contributed by atoms with Crippen molar-refractivity contribution < 1.29 is 34.1 Å². The van der Waals surface area contributed by atoms with Crippen LogP contribution in [0.15, 0.2) is 12.1 Å². The van der Waals surface area contributed by atoms with Gasteiger partial charge in [-0.2, -0.15) is 5.26 Å². The van der Waals surface area contributed by atoms with E-state index in [1.54, 1.807) is 6.92 Å². The van der Waals surface area contributed by atoms with Crippen LogP contribution in [0.5, 0.6) is 11.5 Å². The van der Waals surface area contributed by atoms with Gasteiger partial charge in [0.1, 0.15) is 17.6 Å². The molecule has 43 heavy (non-hydrogen) atoms. The standard InChI is InChI=1S/C33H45N3O7/c1-32(31(39)40)13-9-23(10-14-32)43-25-17-24(26(42-2)16-22(25)18-34)29(37)36-28-21-8-7-20(15-21)27(28)30(38)35-19-33(41)11-5-3-4-6-12-33/h16-17,20-21,23,27-28,41H,3-15,19H2,1-2H3,(H,35,38)(H,36,37)(H,39,40). The van der Waals surface area contributed by atoms with Crippen molar-refractivity contribution in [1.82, 2.24) is 10.6 Å². The number of nitrogens with one attached hydrogen (secondary N) is 2. The first-order chi connectivity index (χ1) is 20.6. The van der Waals surface area contributed by atoms with E-state index >= 15 is 0 Å². The zero-order valence-corrected chi connectivity index (χ0v) is 25.3. The van der Waals surface area contributed by atoms with Crippen molar-refractivity contribution in [3.63, 3.8) is 0 Å². The lowest BCUT2D eigenvalue weighted by molar-refractivity contribution is -0.150. The molecule has 0 aliphatic heterocycles. The van der Waals surface area contributed by atoms with Crippen LogP contribution in [-0.4, -0.2) is 59.4 Å². The topological polar surface area (TPSA) is 158 Å². The van der Waals surface area contributed by atoms with Crippen LogP contribution in [0.3, 0.4) is 0 Å². The number of carboxylic acid groups (broad SMARTS) is 1. The van der Waals surface area contributed by atoms with E-state index in [0.717, 1.165) is 44.9 Å². The largest absolute Gasteiger partial charge is 0.496 e. The van der Waals surface area contributed by atoms with E-state index in [2.05, 4.69) is 16.7 Å². The van der Waals surface area contributed by atoms with Gasteiger partial charge in [0.15, 0.2) is 0 Å². The Hall–Kier alpha value is -3.32. The molecule has 0 radical (unpaired) electrons. The van der Waals surface area contributed by atoms with E-state index in [4.69, 9.17) is 9.47 Å². The zero-order valence-electron chi connectivity index (χ0n) is 25.3. The number of rotatable bonds is 9. The molecular weight excluding hydrogens is 550 g/mol. The van der Waals surface area contributed by atoms with Gasteiger partial charge in [0, 0.05) is 18.7 Å². The lowest BCUT2D eigenvalue weighted by Crippen LogP contribution is -2.52. The van der Waals surface area contributed by atoms with Crippen molar-refractivity contribution in [3.8, 4) is 17.6 Å². The Morgan fingerprint density at radius 1 is 1.00 bits per heavy atom. The molecule has 4 atom stereocenters. The minimum atomic E-state index is -0.876. The summed E-state index contributed by atoms with van der Waals surface area (Å²) >= 11 is 0. The van der Waals surface area contributed by atoms with E-state index in [9.17, 15) is 29.9 Å². The molecule has 0 aromatic heterocycles. The summed E-state index contributed by atoms with van der Waals surface area (Å²) in [4.78, 5) is 38.9. The average Bonchev–Trinajstić information content (AvgIpc) is 3.53. The maximum Gasteiger partial charge on any atom is 0.309 e. The monoisotopic (exact) mass is 595 g/mol. The van der Waals surface area contributed by atoms with Crippen LogP contribution in [0, 0.1) is 34.5 Å². The van der Waals surface area contributed by atoms with Crippen molar-refractivity contribution in [1.29, 1.82) is 5.26 Å². The number of nitrogens with zero attached hydrogens (tertiary/aromatic N) is 1. The van der Waals surface area contributed by atoms with Crippen molar-refractivity contribution in [2.75, 3.05) is 13.7 Å². The summed E-state index contributed by atoms with van der Waals surface area (Å²) in [6, 6.07) is 4.80. The van der Waals surface area contributed by atoms with Gasteiger partial charge in [0.25, 0.3) is 5.91 Å². The first-order valence-corrected chi connectivity index (χ1v) is 15.9. The molecule has 4 aliphatic rings. The van der Waals surface area contributed by atoms with Gasteiger partial charge in [-0.15, -0.1) is 0 Å². The average molecular weight is 596 g/mol. The van der Waals surface area contributed by atoms with Gasteiger partial charge in [-0.25, -0.2) is 0 Å². The predicted octanol–water partition coefficient (Wildman–Crippen LogP) is 4.33. The van der Waals surface area contributed by atoms with E-state index in [1.807, 2.05) is 0 Å². The number of nitriles is 1. The van der Waals surface area contributed by atoms with Crippen LogP contribution in [0.1, 0.15) is 106 Å². The molecule has 0 heterocycles. The second-order valence-corrected chi connectivity index (χ2v) is 13.6. The van der Waals surface area contributed by atoms with E-state index < -0.39 is 22.9 Å². The zero-order chi connectivity index (χ0) is 30.8. The second kappa shape index (κ2) is 12.7. The Morgan fingerprint density at radius 3 is 2.30 bits per heavy atom. The molecule has 10 heteroatoms. The fourth-order valence-electron chi connectivity index (χ4n) is 7.87. The van der Waals surface area contributed by atoms with Crippen molar-refractivity contribution >= 4 is 17.8 Å². The number of ether oxygens (including phenoxy) is 2. The maximum atomic E-state index is 13.8. The molecule has 4 N–H and O–H groups in total. The minimum absolute atomic E-state index is 0.114. The molecule has 0 spiro atoms. The van der Waals surface area contributed by atoms with Crippen LogP contribution in [0.2, 0.25) is 0 Å². The summed E-state index contributed by atoms with van der Waals surface area (Å²) in [5, 5.41) is 36.6. The van der Waals surface area contributed by atoms with Crippen LogP contribution in [-0.2, 0) is 9.59 Å². The molecule has 2 bridgehead atoms. The highest BCUT2D eigenvalue weighted by Crippen LogP contribution is 2.49. The highest BCUT2D eigenvalue weighted by molar-refractivity contribution is 5.98. The third-order valence-corrected chi connectivity index (χ3v) is 10.7. The fourth-order valence-corrected chi connectivity index (χ4v) is 7.87. The first-order valence-electron chi connectivity index (χ1n) is 15.9.